The molecule has 0 aliphatic rings. The first-order valence-corrected chi connectivity index (χ1v) is 6.23. The Bertz CT molecular complexity index is 191. The molecule has 0 N–H and O–H groups in total. The van der Waals surface area contributed by atoms with Crippen molar-refractivity contribution >= 4 is 51.8 Å². The topological polar surface area (TPSA) is 26.3 Å². The third-order valence-electron chi connectivity index (χ3n) is 0.509. The van der Waals surface area contributed by atoms with Gasteiger partial charge in [0.1, 0.15) is 10.3 Å². The summed E-state index contributed by atoms with van der Waals surface area (Å²) in [6.07, 6.45) is -3.56. The molecule has 0 aromatic rings. The summed E-state index contributed by atoms with van der Waals surface area (Å²) in [6.45, 7) is 1.40. The van der Waals surface area contributed by atoms with E-state index in [4.69, 9.17) is 45.7 Å². The van der Waals surface area contributed by atoms with E-state index >= 15 is 0 Å². The third-order valence-corrected chi connectivity index (χ3v) is 1.94. The fraction of sp³-hybridized carbons (Fsp3) is 0.333. The Balaban J connectivity index is 4.20. The molecule has 0 saturated heterocycles. The SMILES string of the molecule is CC(OP(=O)(Cl)Cl)=C(Cl)Cl. The van der Waals surface area contributed by atoms with Crippen LogP contribution in [0.1, 0.15) is 6.92 Å². The van der Waals surface area contributed by atoms with Gasteiger partial charge in [0, 0.05) is 22.5 Å². The Kier molecular flexibility index (Phi) is 4.46. The first kappa shape index (κ1) is 10.9. The van der Waals surface area contributed by atoms with Crippen LogP contribution in [0.4, 0.5) is 0 Å². The molecule has 7 heteroatoms. The molecule has 0 spiro atoms. The van der Waals surface area contributed by atoms with E-state index in [1.165, 1.54) is 6.92 Å². The highest BCUT2D eigenvalue weighted by atomic mass is 35.9. The van der Waals surface area contributed by atoms with Gasteiger partial charge < -0.3 is 4.52 Å². The summed E-state index contributed by atoms with van der Waals surface area (Å²) in [7, 11) is 0. The lowest BCUT2D eigenvalue weighted by molar-refractivity contribution is 0.432. The van der Waals surface area contributed by atoms with E-state index in [9.17, 15) is 4.57 Å². The Hall–Kier alpha value is 0.930. The lowest BCUT2D eigenvalue weighted by atomic mass is 10.7. The van der Waals surface area contributed by atoms with Gasteiger partial charge in [-0.2, -0.15) is 0 Å². The van der Waals surface area contributed by atoms with Gasteiger partial charge in [0.15, 0.2) is 0 Å². The molecule has 0 aliphatic heterocycles. The quantitative estimate of drug-likeness (QED) is 0.535. The van der Waals surface area contributed by atoms with Crippen molar-refractivity contribution in [3.63, 3.8) is 0 Å². The molecule has 0 fully saturated rings. The summed E-state index contributed by atoms with van der Waals surface area (Å²) in [5, 5.41) is 0. The lowest BCUT2D eigenvalue weighted by Gasteiger charge is -2.04. The number of allylic oxidation sites excluding steroid dienone is 1. The molecule has 0 radical (unpaired) electrons. The van der Waals surface area contributed by atoms with Crippen LogP contribution >= 0.6 is 51.8 Å². The molecular formula is C3H3Cl4O2P. The maximum absolute atomic E-state index is 10.5. The zero-order valence-corrected chi connectivity index (χ0v) is 8.69. The normalized spacial score (nSPS) is 10.9. The Morgan fingerprint density at radius 2 is 1.80 bits per heavy atom. The van der Waals surface area contributed by atoms with Gasteiger partial charge in [0.2, 0.25) is 0 Å². The van der Waals surface area contributed by atoms with Gasteiger partial charge in [0.05, 0.1) is 0 Å². The highest BCUT2D eigenvalue weighted by Crippen LogP contribution is 2.59. The van der Waals surface area contributed by atoms with E-state index < -0.39 is 6.07 Å². The van der Waals surface area contributed by atoms with Crippen molar-refractivity contribution in [3.8, 4) is 0 Å². The fourth-order valence-corrected chi connectivity index (χ4v) is 1.41. The summed E-state index contributed by atoms with van der Waals surface area (Å²) in [5.41, 5.74) is 0. The summed E-state index contributed by atoms with van der Waals surface area (Å²) in [4.78, 5) is 0. The smallest absolute Gasteiger partial charge is 0.425 e. The van der Waals surface area contributed by atoms with E-state index in [2.05, 4.69) is 4.52 Å². The maximum atomic E-state index is 10.5. The molecule has 0 saturated carbocycles. The third kappa shape index (κ3) is 5.70. The zero-order chi connectivity index (χ0) is 8.36. The predicted molar refractivity (Wildman–Crippen MR) is 44.8 cm³/mol. The second-order valence-electron chi connectivity index (χ2n) is 1.32. The summed E-state index contributed by atoms with van der Waals surface area (Å²) in [5.74, 6) is 0.0386. The van der Waals surface area contributed by atoms with Crippen LogP contribution < -0.4 is 0 Å². The van der Waals surface area contributed by atoms with Crippen molar-refractivity contribution < 1.29 is 9.09 Å². The van der Waals surface area contributed by atoms with Crippen molar-refractivity contribution in [2.45, 2.75) is 6.92 Å². The number of rotatable bonds is 2. The molecule has 0 aliphatic carbocycles. The van der Waals surface area contributed by atoms with Gasteiger partial charge in [-0.1, -0.05) is 23.2 Å². The van der Waals surface area contributed by atoms with E-state index in [1.54, 1.807) is 0 Å². The minimum absolute atomic E-state index is 0.0386. The average Bonchev–Trinajstić information content (AvgIpc) is 1.60. The van der Waals surface area contributed by atoms with Crippen molar-refractivity contribution in [1.82, 2.24) is 0 Å². The molecule has 0 aromatic heterocycles. The minimum Gasteiger partial charge on any atom is -0.425 e. The first-order valence-electron chi connectivity index (χ1n) is 2.04. The largest absolute Gasteiger partial charge is 0.427 e. The van der Waals surface area contributed by atoms with E-state index in [0.29, 0.717) is 0 Å². The molecule has 0 amide bonds. The van der Waals surface area contributed by atoms with E-state index in [-0.39, 0.29) is 10.3 Å². The van der Waals surface area contributed by atoms with Crippen LogP contribution in [0.2, 0.25) is 0 Å². The average molecular weight is 244 g/mol. The minimum atomic E-state index is -3.56. The van der Waals surface area contributed by atoms with Crippen molar-refractivity contribution in [1.29, 1.82) is 0 Å². The molecule has 0 heterocycles. The maximum Gasteiger partial charge on any atom is 0.427 e. The molecule has 10 heavy (non-hydrogen) atoms. The highest BCUT2D eigenvalue weighted by Gasteiger charge is 2.16. The van der Waals surface area contributed by atoms with Crippen molar-refractivity contribution in [3.05, 3.63) is 10.3 Å². The van der Waals surface area contributed by atoms with Gasteiger partial charge in [-0.05, 0) is 6.92 Å². The Morgan fingerprint density at radius 3 is 1.90 bits per heavy atom. The number of hydrogen-bond donors (Lipinski definition) is 0. The summed E-state index contributed by atoms with van der Waals surface area (Å²) < 4.78 is 14.7. The molecule has 2 nitrogen and oxygen atoms in total. The van der Waals surface area contributed by atoms with Crippen LogP contribution in [0.15, 0.2) is 10.3 Å². The highest BCUT2D eigenvalue weighted by molar-refractivity contribution is 8.05. The van der Waals surface area contributed by atoms with Gasteiger partial charge >= 0.3 is 6.07 Å². The monoisotopic (exact) mass is 242 g/mol. The summed E-state index contributed by atoms with van der Waals surface area (Å²) >= 11 is 20.5. The molecule has 0 aromatic carbocycles. The van der Waals surface area contributed by atoms with Crippen LogP contribution in [0, 0.1) is 0 Å². The van der Waals surface area contributed by atoms with Gasteiger partial charge in [-0.3, -0.25) is 0 Å². The van der Waals surface area contributed by atoms with Crippen molar-refractivity contribution in [2.75, 3.05) is 0 Å². The molecule has 0 bridgehead atoms. The molecule has 0 rings (SSSR count). The fourth-order valence-electron chi connectivity index (χ4n) is 0.194. The zero-order valence-electron chi connectivity index (χ0n) is 4.78. The number of hydrogen-bond acceptors (Lipinski definition) is 2. The second kappa shape index (κ2) is 4.08. The Morgan fingerprint density at radius 1 is 1.40 bits per heavy atom. The van der Waals surface area contributed by atoms with E-state index in [0.717, 1.165) is 0 Å². The second-order valence-corrected chi connectivity index (χ2v) is 6.47. The number of halogens is 4. The van der Waals surface area contributed by atoms with Crippen LogP contribution in [-0.2, 0) is 9.09 Å². The van der Waals surface area contributed by atoms with Gasteiger partial charge in [0.25, 0.3) is 0 Å². The van der Waals surface area contributed by atoms with Crippen LogP contribution in [-0.4, -0.2) is 0 Å². The van der Waals surface area contributed by atoms with Gasteiger partial charge in [-0.15, -0.1) is 0 Å². The first-order chi connectivity index (χ1) is 4.33. The molecule has 0 atom stereocenters. The summed E-state index contributed by atoms with van der Waals surface area (Å²) in [6, 6.07) is 0. The molecule has 0 unspecified atom stereocenters. The van der Waals surface area contributed by atoms with Gasteiger partial charge in [-0.25, -0.2) is 4.57 Å². The standard InChI is InChI=1S/C3H3Cl4O2P/c1-2(3(4)5)9-10(6,7)8/h1H3. The molecule has 60 valence electrons. The van der Waals surface area contributed by atoms with Crippen LogP contribution in [0.3, 0.4) is 0 Å². The van der Waals surface area contributed by atoms with E-state index in [1.807, 2.05) is 0 Å². The van der Waals surface area contributed by atoms with Crippen LogP contribution in [0.25, 0.3) is 0 Å². The lowest BCUT2D eigenvalue weighted by Crippen LogP contribution is -1.77. The predicted octanol–water partition coefficient (Wildman–Crippen LogP) is 4.26. The Labute approximate surface area is 78.1 Å². The van der Waals surface area contributed by atoms with Crippen LogP contribution in [0.5, 0.6) is 0 Å². The molecular weight excluding hydrogens is 241 g/mol. The van der Waals surface area contributed by atoms with Crippen molar-refractivity contribution in [2.24, 2.45) is 0 Å².